The van der Waals surface area contributed by atoms with Crippen molar-refractivity contribution in [3.63, 3.8) is 0 Å². The van der Waals surface area contributed by atoms with Crippen molar-refractivity contribution in [1.29, 1.82) is 0 Å². The molecule has 1 atom stereocenters. The van der Waals surface area contributed by atoms with E-state index in [1.54, 1.807) is 0 Å². The maximum atomic E-state index is 3.75. The van der Waals surface area contributed by atoms with Gasteiger partial charge in [-0.3, -0.25) is 4.90 Å². The van der Waals surface area contributed by atoms with E-state index in [1.807, 2.05) is 17.8 Å². The summed E-state index contributed by atoms with van der Waals surface area (Å²) in [5.74, 6) is 2.24. The lowest BCUT2D eigenvalue weighted by molar-refractivity contribution is 0.185. The molecule has 0 spiro atoms. The van der Waals surface area contributed by atoms with Gasteiger partial charge in [0.25, 0.3) is 0 Å². The molecule has 1 heterocycles. The molecule has 1 fully saturated rings. The summed E-state index contributed by atoms with van der Waals surface area (Å²) in [6.07, 6.45) is 4.61. The number of hydrogen-bond acceptors (Lipinski definition) is 3. The minimum atomic E-state index is 0.664. The summed E-state index contributed by atoms with van der Waals surface area (Å²) < 4.78 is 0. The predicted molar refractivity (Wildman–Crippen MR) is 90.3 cm³/mol. The third kappa shape index (κ3) is 5.70. The lowest BCUT2D eigenvalue weighted by Gasteiger charge is -2.33. The SMILES string of the molecule is C=CCSCCNC1CCCN(Cc2ccccc2)C1. The molecule has 2 nitrogen and oxygen atoms in total. The molecule has 1 aliphatic heterocycles. The van der Waals surface area contributed by atoms with Crippen LogP contribution < -0.4 is 5.32 Å². The molecule has 0 radical (unpaired) electrons. The Balaban J connectivity index is 1.67. The number of hydrogen-bond donors (Lipinski definition) is 1. The number of rotatable bonds is 8. The lowest BCUT2D eigenvalue weighted by atomic mass is 10.0. The van der Waals surface area contributed by atoms with Gasteiger partial charge in [-0.1, -0.05) is 36.4 Å². The molecule has 0 bridgehead atoms. The highest BCUT2D eigenvalue weighted by Crippen LogP contribution is 2.13. The third-order valence-corrected chi connectivity index (χ3v) is 4.63. The second-order valence-electron chi connectivity index (χ2n) is 5.38. The first-order chi connectivity index (χ1) is 9.88. The van der Waals surface area contributed by atoms with Crippen molar-refractivity contribution in [2.75, 3.05) is 31.1 Å². The van der Waals surface area contributed by atoms with Crippen LogP contribution >= 0.6 is 11.8 Å². The zero-order valence-electron chi connectivity index (χ0n) is 12.3. The van der Waals surface area contributed by atoms with E-state index in [2.05, 4.69) is 47.1 Å². The fourth-order valence-corrected chi connectivity index (χ4v) is 3.30. The standard InChI is InChI=1S/C17H26N2S/c1-2-12-20-13-10-18-17-9-6-11-19(15-17)14-16-7-4-3-5-8-16/h2-5,7-8,17-18H,1,6,9-15H2. The molecule has 20 heavy (non-hydrogen) atoms. The van der Waals surface area contributed by atoms with E-state index in [4.69, 9.17) is 0 Å². The summed E-state index contributed by atoms with van der Waals surface area (Å²) in [4.78, 5) is 2.58. The van der Waals surface area contributed by atoms with Gasteiger partial charge in [-0.2, -0.15) is 11.8 Å². The Hall–Kier alpha value is -0.770. The fourth-order valence-electron chi connectivity index (χ4n) is 2.71. The summed E-state index contributed by atoms with van der Waals surface area (Å²) in [5, 5.41) is 3.70. The van der Waals surface area contributed by atoms with Crippen LogP contribution in [0.3, 0.4) is 0 Å². The number of piperidine rings is 1. The maximum absolute atomic E-state index is 3.75. The number of benzene rings is 1. The molecule has 1 aromatic rings. The van der Waals surface area contributed by atoms with Crippen molar-refractivity contribution in [3.8, 4) is 0 Å². The minimum Gasteiger partial charge on any atom is -0.312 e. The van der Waals surface area contributed by atoms with Gasteiger partial charge in [-0.25, -0.2) is 0 Å². The fraction of sp³-hybridized carbons (Fsp3) is 0.529. The van der Waals surface area contributed by atoms with E-state index in [0.717, 1.165) is 18.8 Å². The maximum Gasteiger partial charge on any atom is 0.0234 e. The summed E-state index contributed by atoms with van der Waals surface area (Å²) in [5.41, 5.74) is 1.43. The average Bonchev–Trinajstić information content (AvgIpc) is 2.48. The van der Waals surface area contributed by atoms with Crippen LogP contribution in [-0.2, 0) is 6.54 Å². The average molecular weight is 290 g/mol. The summed E-state index contributed by atoms with van der Waals surface area (Å²) in [6, 6.07) is 11.5. The van der Waals surface area contributed by atoms with Crippen LogP contribution in [0.5, 0.6) is 0 Å². The monoisotopic (exact) mass is 290 g/mol. The molecule has 1 aliphatic rings. The van der Waals surface area contributed by atoms with Crippen LogP contribution in [0.2, 0.25) is 0 Å². The molecule has 0 aromatic heterocycles. The van der Waals surface area contributed by atoms with Gasteiger partial charge in [-0.15, -0.1) is 6.58 Å². The van der Waals surface area contributed by atoms with Crippen molar-refractivity contribution in [1.82, 2.24) is 10.2 Å². The van der Waals surface area contributed by atoms with E-state index in [9.17, 15) is 0 Å². The summed E-state index contributed by atoms with van der Waals surface area (Å²) in [6.45, 7) is 8.37. The Morgan fingerprint density at radius 2 is 2.20 bits per heavy atom. The van der Waals surface area contributed by atoms with E-state index in [1.165, 1.54) is 37.2 Å². The largest absolute Gasteiger partial charge is 0.312 e. The minimum absolute atomic E-state index is 0.664. The van der Waals surface area contributed by atoms with Gasteiger partial charge in [0.05, 0.1) is 0 Å². The Kier molecular flexibility index (Phi) is 7.20. The van der Waals surface area contributed by atoms with Crippen molar-refractivity contribution >= 4 is 11.8 Å². The Bertz CT molecular complexity index is 380. The van der Waals surface area contributed by atoms with E-state index in [0.29, 0.717) is 6.04 Å². The smallest absolute Gasteiger partial charge is 0.0234 e. The second-order valence-corrected chi connectivity index (χ2v) is 6.53. The Labute approximate surface area is 127 Å². The van der Waals surface area contributed by atoms with Crippen LogP contribution in [0.25, 0.3) is 0 Å². The van der Waals surface area contributed by atoms with Crippen LogP contribution in [0.15, 0.2) is 43.0 Å². The van der Waals surface area contributed by atoms with Crippen LogP contribution in [0.4, 0.5) is 0 Å². The first kappa shape index (κ1) is 15.6. The molecule has 1 saturated heterocycles. The zero-order chi connectivity index (χ0) is 14.0. The highest BCUT2D eigenvalue weighted by Gasteiger charge is 2.19. The predicted octanol–water partition coefficient (Wildman–Crippen LogP) is 3.16. The molecule has 0 saturated carbocycles. The Morgan fingerprint density at radius 1 is 1.35 bits per heavy atom. The van der Waals surface area contributed by atoms with Gasteiger partial charge in [0.15, 0.2) is 0 Å². The zero-order valence-corrected chi connectivity index (χ0v) is 13.1. The van der Waals surface area contributed by atoms with Gasteiger partial charge in [0, 0.05) is 37.2 Å². The molecule has 1 unspecified atom stereocenters. The van der Waals surface area contributed by atoms with Crippen LogP contribution in [-0.4, -0.2) is 42.1 Å². The first-order valence-electron chi connectivity index (χ1n) is 7.57. The summed E-state index contributed by atoms with van der Waals surface area (Å²) >= 11 is 1.95. The number of nitrogens with one attached hydrogen (secondary N) is 1. The van der Waals surface area contributed by atoms with Crippen LogP contribution in [0, 0.1) is 0 Å². The van der Waals surface area contributed by atoms with Crippen molar-refractivity contribution in [2.24, 2.45) is 0 Å². The molecule has 110 valence electrons. The van der Waals surface area contributed by atoms with E-state index >= 15 is 0 Å². The number of likely N-dealkylation sites (tertiary alicyclic amines) is 1. The highest BCUT2D eigenvalue weighted by atomic mass is 32.2. The van der Waals surface area contributed by atoms with Gasteiger partial charge in [0.2, 0.25) is 0 Å². The summed E-state index contributed by atoms with van der Waals surface area (Å²) in [7, 11) is 0. The highest BCUT2D eigenvalue weighted by molar-refractivity contribution is 7.99. The molecule has 1 aromatic carbocycles. The van der Waals surface area contributed by atoms with Gasteiger partial charge < -0.3 is 5.32 Å². The molecule has 2 rings (SSSR count). The first-order valence-corrected chi connectivity index (χ1v) is 8.72. The topological polar surface area (TPSA) is 15.3 Å². The van der Waals surface area contributed by atoms with Crippen molar-refractivity contribution < 1.29 is 0 Å². The molecule has 3 heteroatoms. The second kappa shape index (κ2) is 9.22. The number of nitrogens with zero attached hydrogens (tertiary/aromatic N) is 1. The van der Waals surface area contributed by atoms with Crippen molar-refractivity contribution in [3.05, 3.63) is 48.6 Å². The third-order valence-electron chi connectivity index (χ3n) is 3.67. The molecular formula is C17H26N2S. The molecular weight excluding hydrogens is 264 g/mol. The van der Waals surface area contributed by atoms with E-state index in [-0.39, 0.29) is 0 Å². The quantitative estimate of drug-likeness (QED) is 0.585. The number of thioether (sulfide) groups is 1. The molecule has 0 amide bonds. The van der Waals surface area contributed by atoms with Crippen molar-refractivity contribution in [2.45, 2.75) is 25.4 Å². The van der Waals surface area contributed by atoms with E-state index < -0.39 is 0 Å². The normalized spacial score (nSPS) is 19.9. The Morgan fingerprint density at radius 3 is 3.00 bits per heavy atom. The van der Waals surface area contributed by atoms with Gasteiger partial charge >= 0.3 is 0 Å². The van der Waals surface area contributed by atoms with Crippen LogP contribution in [0.1, 0.15) is 18.4 Å². The van der Waals surface area contributed by atoms with Gasteiger partial charge in [0.1, 0.15) is 0 Å². The molecule has 0 aliphatic carbocycles. The lowest BCUT2D eigenvalue weighted by Crippen LogP contribution is -2.45. The molecule has 1 N–H and O–H groups in total. The van der Waals surface area contributed by atoms with Gasteiger partial charge in [-0.05, 0) is 24.9 Å².